The zero-order valence-electron chi connectivity index (χ0n) is 18.4. The van der Waals surface area contributed by atoms with Gasteiger partial charge in [0, 0.05) is 31.6 Å². The summed E-state index contributed by atoms with van der Waals surface area (Å²) in [6.45, 7) is 1.28. The Hall–Kier alpha value is -2.72. The number of halogens is 3. The second-order valence-corrected chi connectivity index (χ2v) is 9.19. The Morgan fingerprint density at radius 1 is 1.15 bits per heavy atom. The van der Waals surface area contributed by atoms with Crippen molar-refractivity contribution >= 4 is 22.7 Å². The Morgan fingerprint density at radius 2 is 1.94 bits per heavy atom. The van der Waals surface area contributed by atoms with E-state index in [-0.39, 0.29) is 18.6 Å². The summed E-state index contributed by atoms with van der Waals surface area (Å²) in [7, 11) is 1.91. The van der Waals surface area contributed by atoms with Crippen LogP contribution >= 0.6 is 0 Å². The van der Waals surface area contributed by atoms with Gasteiger partial charge in [0.15, 0.2) is 5.65 Å². The van der Waals surface area contributed by atoms with E-state index >= 15 is 0 Å². The Bertz CT molecular complexity index is 1150. The lowest BCUT2D eigenvalue weighted by molar-refractivity contribution is -0.138. The summed E-state index contributed by atoms with van der Waals surface area (Å²) in [5.41, 5.74) is 1.44. The molecule has 0 amide bonds. The third-order valence-electron chi connectivity index (χ3n) is 6.84. The lowest BCUT2D eigenvalue weighted by atomic mass is 9.87. The number of aliphatic hydroxyl groups is 1. The van der Waals surface area contributed by atoms with Crippen LogP contribution in [0.5, 0.6) is 0 Å². The van der Waals surface area contributed by atoms with Gasteiger partial charge in [-0.1, -0.05) is 0 Å². The van der Waals surface area contributed by atoms with Crippen LogP contribution in [0.4, 0.5) is 24.8 Å². The zero-order valence-corrected chi connectivity index (χ0v) is 18.4. The summed E-state index contributed by atoms with van der Waals surface area (Å²) in [4.78, 5) is 10.9. The Balaban J connectivity index is 1.45. The molecule has 0 radical (unpaired) electrons. The number of nitrogens with zero attached hydrogens (tertiary/aromatic N) is 5. The van der Waals surface area contributed by atoms with Crippen molar-refractivity contribution in [3.8, 4) is 0 Å². The van der Waals surface area contributed by atoms with Crippen molar-refractivity contribution < 1.29 is 18.3 Å². The normalized spacial score (nSPS) is 21.8. The summed E-state index contributed by atoms with van der Waals surface area (Å²) in [5.74, 6) is 0.575. The van der Waals surface area contributed by atoms with Crippen LogP contribution in [0.2, 0.25) is 0 Å². The van der Waals surface area contributed by atoms with Gasteiger partial charge in [0.2, 0.25) is 5.95 Å². The first kappa shape index (κ1) is 22.1. The third-order valence-corrected chi connectivity index (χ3v) is 6.84. The van der Waals surface area contributed by atoms with Gasteiger partial charge in [-0.3, -0.25) is 0 Å². The number of aliphatic hydroxyl groups excluding tert-OH is 1. The number of aromatic nitrogens is 4. The molecule has 0 saturated heterocycles. The topological polar surface area (TPSA) is 79.1 Å². The van der Waals surface area contributed by atoms with E-state index in [2.05, 4.69) is 20.4 Å². The Labute approximate surface area is 189 Å². The molecule has 1 aliphatic heterocycles. The fourth-order valence-electron chi connectivity index (χ4n) is 5.03. The van der Waals surface area contributed by atoms with Crippen molar-refractivity contribution in [2.75, 3.05) is 25.5 Å². The summed E-state index contributed by atoms with van der Waals surface area (Å²) < 4.78 is 43.2. The molecule has 1 aromatic carbocycles. The molecule has 2 N–H and O–H groups in total. The van der Waals surface area contributed by atoms with Gasteiger partial charge in [0.25, 0.3) is 0 Å². The van der Waals surface area contributed by atoms with Crippen LogP contribution in [0.15, 0.2) is 24.5 Å². The molecule has 3 heterocycles. The SMILES string of the molecule is CN1CCc2c(cc(Nc3ncc4cnn(C5CCC(CO)CC5)c4n3)cc2C(F)(F)F)C1. The minimum absolute atomic E-state index is 0.184. The van der Waals surface area contributed by atoms with Crippen LogP contribution in [0.25, 0.3) is 11.0 Å². The highest BCUT2D eigenvalue weighted by molar-refractivity contribution is 5.75. The summed E-state index contributed by atoms with van der Waals surface area (Å²) >= 11 is 0. The average molecular weight is 461 g/mol. The molecular formula is C23H27F3N6O. The molecular weight excluding hydrogens is 433 g/mol. The predicted molar refractivity (Wildman–Crippen MR) is 118 cm³/mol. The third kappa shape index (κ3) is 4.41. The van der Waals surface area contributed by atoms with E-state index in [1.807, 2.05) is 16.6 Å². The molecule has 1 aliphatic carbocycles. The minimum Gasteiger partial charge on any atom is -0.396 e. The maximum Gasteiger partial charge on any atom is 0.416 e. The minimum atomic E-state index is -4.42. The zero-order chi connectivity index (χ0) is 23.2. The summed E-state index contributed by atoms with van der Waals surface area (Å²) in [6, 6.07) is 3.11. The summed E-state index contributed by atoms with van der Waals surface area (Å²) in [6.07, 6.45) is 2.99. The van der Waals surface area contributed by atoms with Gasteiger partial charge in [-0.25, -0.2) is 9.67 Å². The maximum absolute atomic E-state index is 13.8. The highest BCUT2D eigenvalue weighted by Gasteiger charge is 2.36. The first-order valence-corrected chi connectivity index (χ1v) is 11.3. The second-order valence-electron chi connectivity index (χ2n) is 9.19. The monoisotopic (exact) mass is 460 g/mol. The molecule has 0 atom stereocenters. The fourth-order valence-corrected chi connectivity index (χ4v) is 5.03. The number of hydrogen-bond donors (Lipinski definition) is 2. The predicted octanol–water partition coefficient (Wildman–Crippen LogP) is 4.30. The van der Waals surface area contributed by atoms with Crippen molar-refractivity contribution in [3.63, 3.8) is 0 Å². The molecule has 33 heavy (non-hydrogen) atoms. The molecule has 1 saturated carbocycles. The number of benzene rings is 1. The average Bonchev–Trinajstić information content (AvgIpc) is 3.21. The molecule has 0 bridgehead atoms. The van der Waals surface area contributed by atoms with Crippen molar-refractivity contribution in [1.29, 1.82) is 0 Å². The standard InChI is InChI=1S/C23H27F3N6O/c1-31-7-6-19-15(12-31)8-17(9-20(19)23(24,25)26)29-22-27-10-16-11-28-32(21(16)30-22)18-4-2-14(13-33)3-5-18/h8-11,14,18,33H,2-7,12-13H2,1H3,(H,27,29,30). The van der Waals surface area contributed by atoms with Gasteiger partial charge in [0.05, 0.1) is 23.2 Å². The maximum atomic E-state index is 13.8. The number of anilines is 2. The number of fused-ring (bicyclic) bond motifs is 2. The first-order chi connectivity index (χ1) is 15.8. The lowest BCUT2D eigenvalue weighted by Gasteiger charge is -2.28. The highest BCUT2D eigenvalue weighted by Crippen LogP contribution is 2.38. The molecule has 0 unspecified atom stereocenters. The Kier molecular flexibility index (Phi) is 5.74. The molecule has 3 aromatic rings. The largest absolute Gasteiger partial charge is 0.416 e. The van der Waals surface area contributed by atoms with Crippen molar-refractivity contribution in [3.05, 3.63) is 41.2 Å². The Morgan fingerprint density at radius 3 is 2.67 bits per heavy atom. The number of likely N-dealkylation sites (N-methyl/N-ethyl adjacent to an activating group) is 1. The fraction of sp³-hybridized carbons (Fsp3) is 0.522. The number of hydrogen-bond acceptors (Lipinski definition) is 6. The van der Waals surface area contributed by atoms with Gasteiger partial charge >= 0.3 is 6.18 Å². The molecule has 5 rings (SSSR count). The second kappa shape index (κ2) is 8.57. The van der Waals surface area contributed by atoms with Gasteiger partial charge in [0.1, 0.15) is 0 Å². The highest BCUT2D eigenvalue weighted by atomic mass is 19.4. The van der Waals surface area contributed by atoms with Crippen LogP contribution in [0.3, 0.4) is 0 Å². The van der Waals surface area contributed by atoms with Gasteiger partial charge in [-0.2, -0.15) is 23.3 Å². The molecule has 0 spiro atoms. The smallest absolute Gasteiger partial charge is 0.396 e. The van der Waals surface area contributed by atoms with E-state index in [9.17, 15) is 18.3 Å². The molecule has 10 heteroatoms. The van der Waals surface area contributed by atoms with Crippen molar-refractivity contribution in [1.82, 2.24) is 24.6 Å². The first-order valence-electron chi connectivity index (χ1n) is 11.3. The van der Waals surface area contributed by atoms with Crippen LogP contribution < -0.4 is 5.32 Å². The van der Waals surface area contributed by atoms with E-state index < -0.39 is 11.7 Å². The molecule has 2 aliphatic rings. The van der Waals surface area contributed by atoms with Gasteiger partial charge < -0.3 is 15.3 Å². The van der Waals surface area contributed by atoms with E-state index in [4.69, 9.17) is 0 Å². The van der Waals surface area contributed by atoms with Crippen LogP contribution in [-0.2, 0) is 19.1 Å². The van der Waals surface area contributed by atoms with E-state index in [1.54, 1.807) is 18.5 Å². The lowest BCUT2D eigenvalue weighted by Crippen LogP contribution is -2.28. The van der Waals surface area contributed by atoms with E-state index in [0.29, 0.717) is 47.9 Å². The number of alkyl halides is 3. The van der Waals surface area contributed by atoms with Crippen molar-refractivity contribution in [2.45, 2.75) is 50.9 Å². The number of rotatable bonds is 4. The van der Waals surface area contributed by atoms with Crippen molar-refractivity contribution in [2.24, 2.45) is 5.92 Å². The van der Waals surface area contributed by atoms with E-state index in [1.165, 1.54) is 0 Å². The molecule has 176 valence electrons. The number of nitrogens with one attached hydrogen (secondary N) is 1. The molecule has 7 nitrogen and oxygen atoms in total. The quantitative estimate of drug-likeness (QED) is 0.605. The van der Waals surface area contributed by atoms with E-state index in [0.717, 1.165) is 37.1 Å². The summed E-state index contributed by atoms with van der Waals surface area (Å²) in [5, 5.41) is 17.7. The van der Waals surface area contributed by atoms with Gasteiger partial charge in [-0.15, -0.1) is 0 Å². The van der Waals surface area contributed by atoms with Crippen LogP contribution in [0.1, 0.15) is 48.4 Å². The van der Waals surface area contributed by atoms with Crippen LogP contribution in [0, 0.1) is 5.92 Å². The van der Waals surface area contributed by atoms with Crippen LogP contribution in [-0.4, -0.2) is 50.0 Å². The van der Waals surface area contributed by atoms with Gasteiger partial charge in [-0.05, 0) is 68.3 Å². The molecule has 1 fully saturated rings. The molecule has 2 aromatic heterocycles.